The van der Waals surface area contributed by atoms with E-state index < -0.39 is 10.8 Å². The number of aromatic hydroxyl groups is 1. The second-order valence-corrected chi connectivity index (χ2v) is 5.98. The maximum atomic E-state index is 12.2. The Bertz CT molecular complexity index is 859. The SMILES string of the molecule is COc1ccc(C(=O)NC(=S)Nc2ccc([N+](=O)[O-])cc2O)cc1Br. The average molecular weight is 426 g/mol. The molecule has 0 spiro atoms. The van der Waals surface area contributed by atoms with E-state index >= 15 is 0 Å². The molecule has 0 unspecified atom stereocenters. The van der Waals surface area contributed by atoms with Crippen molar-refractivity contribution in [2.45, 2.75) is 0 Å². The van der Waals surface area contributed by atoms with Gasteiger partial charge >= 0.3 is 0 Å². The Morgan fingerprint density at radius 2 is 2.04 bits per heavy atom. The number of carbonyl (C=O) groups excluding carboxylic acids is 1. The van der Waals surface area contributed by atoms with Gasteiger partial charge in [0.05, 0.1) is 28.3 Å². The van der Waals surface area contributed by atoms with Crippen LogP contribution in [0.4, 0.5) is 11.4 Å². The summed E-state index contributed by atoms with van der Waals surface area (Å²) in [7, 11) is 1.51. The van der Waals surface area contributed by atoms with Crippen molar-refractivity contribution in [1.29, 1.82) is 0 Å². The number of carbonyl (C=O) groups is 1. The zero-order chi connectivity index (χ0) is 18.6. The van der Waals surface area contributed by atoms with Gasteiger partial charge in [0.2, 0.25) is 0 Å². The third-order valence-corrected chi connectivity index (χ3v) is 3.91. The van der Waals surface area contributed by atoms with Crippen LogP contribution in [0.25, 0.3) is 0 Å². The van der Waals surface area contributed by atoms with Crippen LogP contribution in [0.1, 0.15) is 10.4 Å². The van der Waals surface area contributed by atoms with Crippen LogP contribution in [0.2, 0.25) is 0 Å². The molecular weight excluding hydrogens is 414 g/mol. The number of ether oxygens (including phenoxy) is 1. The number of rotatable bonds is 4. The van der Waals surface area contributed by atoms with Crippen molar-refractivity contribution in [3.63, 3.8) is 0 Å². The number of nitrogens with zero attached hydrogens (tertiary/aromatic N) is 1. The van der Waals surface area contributed by atoms with E-state index in [0.29, 0.717) is 15.8 Å². The summed E-state index contributed by atoms with van der Waals surface area (Å²) in [5.74, 6) is -0.256. The van der Waals surface area contributed by atoms with Crippen LogP contribution in [0, 0.1) is 10.1 Å². The molecule has 0 heterocycles. The van der Waals surface area contributed by atoms with Gasteiger partial charge in [0.25, 0.3) is 11.6 Å². The summed E-state index contributed by atoms with van der Waals surface area (Å²) in [5, 5.41) is 25.4. The van der Waals surface area contributed by atoms with Gasteiger partial charge in [0.15, 0.2) is 5.11 Å². The van der Waals surface area contributed by atoms with E-state index in [2.05, 4.69) is 26.6 Å². The first-order valence-corrected chi connectivity index (χ1v) is 7.95. The number of non-ortho nitro benzene ring substituents is 1. The Kier molecular flexibility index (Phi) is 5.88. The number of phenols is 1. The Morgan fingerprint density at radius 3 is 2.60 bits per heavy atom. The second-order valence-electron chi connectivity index (χ2n) is 4.72. The molecule has 0 aromatic heterocycles. The maximum absolute atomic E-state index is 12.2. The van der Waals surface area contributed by atoms with Gasteiger partial charge < -0.3 is 15.2 Å². The third-order valence-electron chi connectivity index (χ3n) is 3.08. The number of amides is 1. The Hall–Kier alpha value is -2.72. The molecule has 0 saturated carbocycles. The summed E-state index contributed by atoms with van der Waals surface area (Å²) in [4.78, 5) is 22.2. The lowest BCUT2D eigenvalue weighted by molar-refractivity contribution is -0.384. The van der Waals surface area contributed by atoms with Crippen LogP contribution < -0.4 is 15.4 Å². The van der Waals surface area contributed by atoms with Crippen LogP contribution in [0.15, 0.2) is 40.9 Å². The maximum Gasteiger partial charge on any atom is 0.273 e. The van der Waals surface area contributed by atoms with Gasteiger partial charge in [0.1, 0.15) is 11.5 Å². The van der Waals surface area contributed by atoms with Crippen LogP contribution in [-0.2, 0) is 0 Å². The molecule has 2 aromatic rings. The number of nitro groups is 1. The minimum atomic E-state index is -0.634. The molecule has 130 valence electrons. The summed E-state index contributed by atoms with van der Waals surface area (Å²) in [5.41, 5.74) is 0.206. The predicted octanol–water partition coefficient (Wildman–Crippen LogP) is 3.20. The molecule has 0 aliphatic heterocycles. The van der Waals surface area contributed by atoms with E-state index in [1.54, 1.807) is 18.2 Å². The minimum Gasteiger partial charge on any atom is -0.506 e. The minimum absolute atomic E-state index is 0.0684. The number of halogens is 1. The quantitative estimate of drug-likeness (QED) is 0.298. The van der Waals surface area contributed by atoms with Crippen LogP contribution >= 0.6 is 28.1 Å². The van der Waals surface area contributed by atoms with Gasteiger partial charge in [-0.05, 0) is 52.4 Å². The summed E-state index contributed by atoms with van der Waals surface area (Å²) in [6, 6.07) is 8.22. The van der Waals surface area contributed by atoms with Crippen LogP contribution in [0.5, 0.6) is 11.5 Å². The number of thiocarbonyl (C=S) groups is 1. The molecule has 0 radical (unpaired) electrons. The van der Waals surface area contributed by atoms with Gasteiger partial charge in [-0.3, -0.25) is 20.2 Å². The molecule has 0 aliphatic rings. The van der Waals surface area contributed by atoms with Gasteiger partial charge in [-0.15, -0.1) is 0 Å². The molecule has 0 bridgehead atoms. The molecule has 2 aromatic carbocycles. The first-order chi connectivity index (χ1) is 11.8. The van der Waals surface area contributed by atoms with Crippen molar-refractivity contribution in [1.82, 2.24) is 5.32 Å². The lowest BCUT2D eigenvalue weighted by atomic mass is 10.2. The van der Waals surface area contributed by atoms with E-state index in [0.717, 1.165) is 6.07 Å². The molecule has 0 saturated heterocycles. The average Bonchev–Trinajstić information content (AvgIpc) is 2.56. The number of hydrogen-bond donors (Lipinski definition) is 3. The molecule has 1 amide bonds. The van der Waals surface area contributed by atoms with Crippen molar-refractivity contribution >= 4 is 50.5 Å². The number of nitro benzene ring substituents is 1. The third kappa shape index (κ3) is 4.64. The van der Waals surface area contributed by atoms with Crippen molar-refractivity contribution in [3.8, 4) is 11.5 Å². The van der Waals surface area contributed by atoms with Crippen molar-refractivity contribution in [2.75, 3.05) is 12.4 Å². The predicted molar refractivity (Wildman–Crippen MR) is 99.1 cm³/mol. The second kappa shape index (κ2) is 7.90. The standard InChI is InChI=1S/C15H12BrN3O5S/c1-24-13-5-2-8(6-10(13)16)14(21)18-15(25)17-11-4-3-9(19(22)23)7-12(11)20/h2-7,20H,1H3,(H2,17,18,21,25). The van der Waals surface area contributed by atoms with E-state index in [1.165, 1.54) is 19.2 Å². The van der Waals surface area contributed by atoms with Gasteiger partial charge in [-0.2, -0.15) is 0 Å². The normalized spacial score (nSPS) is 10.0. The lowest BCUT2D eigenvalue weighted by Gasteiger charge is -2.11. The highest BCUT2D eigenvalue weighted by Crippen LogP contribution is 2.28. The topological polar surface area (TPSA) is 114 Å². The highest BCUT2D eigenvalue weighted by Gasteiger charge is 2.13. The fraction of sp³-hybridized carbons (Fsp3) is 0.0667. The fourth-order valence-corrected chi connectivity index (χ4v) is 2.62. The number of anilines is 1. The van der Waals surface area contributed by atoms with E-state index in [1.807, 2.05) is 0 Å². The molecule has 0 aliphatic carbocycles. The molecule has 10 heteroatoms. The number of methoxy groups -OCH3 is 1. The lowest BCUT2D eigenvalue weighted by Crippen LogP contribution is -2.34. The first-order valence-electron chi connectivity index (χ1n) is 6.75. The highest BCUT2D eigenvalue weighted by atomic mass is 79.9. The zero-order valence-electron chi connectivity index (χ0n) is 12.8. The van der Waals surface area contributed by atoms with Gasteiger partial charge in [-0.1, -0.05) is 0 Å². The van der Waals surface area contributed by atoms with E-state index in [-0.39, 0.29) is 22.2 Å². The Labute approximate surface area is 156 Å². The van der Waals surface area contributed by atoms with Crippen molar-refractivity contribution in [3.05, 3.63) is 56.5 Å². The fourth-order valence-electron chi connectivity index (χ4n) is 1.88. The number of nitrogens with one attached hydrogen (secondary N) is 2. The summed E-state index contributed by atoms with van der Waals surface area (Å²) >= 11 is 8.30. The number of phenolic OH excluding ortho intramolecular Hbond substituents is 1. The van der Waals surface area contributed by atoms with Gasteiger partial charge in [0, 0.05) is 11.6 Å². The van der Waals surface area contributed by atoms with Crippen LogP contribution in [-0.4, -0.2) is 28.2 Å². The highest BCUT2D eigenvalue weighted by molar-refractivity contribution is 9.10. The van der Waals surface area contributed by atoms with Crippen molar-refractivity contribution < 1.29 is 19.6 Å². The molecule has 3 N–H and O–H groups in total. The largest absolute Gasteiger partial charge is 0.506 e. The van der Waals surface area contributed by atoms with Crippen molar-refractivity contribution in [2.24, 2.45) is 0 Å². The molecule has 8 nitrogen and oxygen atoms in total. The molecule has 2 rings (SSSR count). The molecule has 0 fully saturated rings. The van der Waals surface area contributed by atoms with E-state index in [9.17, 15) is 20.0 Å². The molecular formula is C15H12BrN3O5S. The first kappa shape index (κ1) is 18.6. The molecule has 0 atom stereocenters. The molecule has 25 heavy (non-hydrogen) atoms. The number of benzene rings is 2. The Morgan fingerprint density at radius 1 is 1.32 bits per heavy atom. The summed E-state index contributed by atoms with van der Waals surface area (Å²) < 4.78 is 5.69. The Balaban J connectivity index is 2.06. The summed E-state index contributed by atoms with van der Waals surface area (Å²) in [6.07, 6.45) is 0. The zero-order valence-corrected chi connectivity index (χ0v) is 15.2. The summed E-state index contributed by atoms with van der Waals surface area (Å²) in [6.45, 7) is 0. The van der Waals surface area contributed by atoms with E-state index in [4.69, 9.17) is 17.0 Å². The van der Waals surface area contributed by atoms with Gasteiger partial charge in [-0.25, -0.2) is 0 Å². The number of hydrogen-bond acceptors (Lipinski definition) is 6. The smallest absolute Gasteiger partial charge is 0.273 e. The van der Waals surface area contributed by atoms with Crippen LogP contribution in [0.3, 0.4) is 0 Å². The monoisotopic (exact) mass is 425 g/mol.